The van der Waals surface area contributed by atoms with Crippen molar-refractivity contribution >= 4 is 13.7 Å². The lowest BCUT2D eigenvalue weighted by Gasteiger charge is -2.29. The second-order valence-corrected chi connectivity index (χ2v) is 16.0. The molecule has 1 amide bonds. The first-order valence-corrected chi connectivity index (χ1v) is 21.2. The lowest BCUT2D eigenvalue weighted by molar-refractivity contribution is -0.870. The molecule has 3 atom stereocenters. The lowest BCUT2D eigenvalue weighted by atomic mass is 10.1. The van der Waals surface area contributed by atoms with Gasteiger partial charge in [-0.15, -0.1) is 0 Å². The summed E-state index contributed by atoms with van der Waals surface area (Å²) in [5.74, 6) is -0.207. The molecule has 0 aromatic rings. The number of hydrogen-bond donors (Lipinski definition) is 2. The van der Waals surface area contributed by atoms with Crippen molar-refractivity contribution < 1.29 is 32.9 Å². The van der Waals surface area contributed by atoms with Gasteiger partial charge in [-0.2, -0.15) is 0 Å². The van der Waals surface area contributed by atoms with Gasteiger partial charge >= 0.3 is 0 Å². The van der Waals surface area contributed by atoms with Crippen LogP contribution < -0.4 is 10.2 Å². The highest BCUT2D eigenvalue weighted by Gasteiger charge is 2.23. The molecule has 0 saturated heterocycles. The number of nitrogens with one attached hydrogen (secondary N) is 1. The van der Waals surface area contributed by atoms with E-state index >= 15 is 0 Å². The Bertz CT molecular complexity index is 845. The van der Waals surface area contributed by atoms with E-state index in [4.69, 9.17) is 9.05 Å². The monoisotopic (exact) mass is 701 g/mol. The molecule has 0 aliphatic heterocycles. The smallest absolute Gasteiger partial charge is 0.268 e. The van der Waals surface area contributed by atoms with Crippen LogP contribution in [0, 0.1) is 0 Å². The molecular weight excluding hydrogens is 623 g/mol. The minimum atomic E-state index is -4.57. The highest BCUT2D eigenvalue weighted by molar-refractivity contribution is 7.45. The molecule has 0 rings (SSSR count). The van der Waals surface area contributed by atoms with Crippen LogP contribution >= 0.6 is 7.82 Å². The number of phosphoric ester groups is 1. The Hall–Kier alpha value is -1.02. The minimum Gasteiger partial charge on any atom is -0.756 e. The summed E-state index contributed by atoms with van der Waals surface area (Å²) in [5, 5.41) is 13.6. The molecule has 2 N–H and O–H groups in total. The average Bonchev–Trinajstić information content (AvgIpc) is 3.02. The quantitative estimate of drug-likeness (QED) is 0.0295. The number of nitrogens with zero attached hydrogens (tertiary/aromatic N) is 1. The topological polar surface area (TPSA) is 108 Å². The van der Waals surface area contributed by atoms with E-state index in [-0.39, 0.29) is 19.1 Å². The van der Waals surface area contributed by atoms with Gasteiger partial charge in [-0.1, -0.05) is 141 Å². The number of amides is 1. The Morgan fingerprint density at radius 2 is 1.15 bits per heavy atom. The number of allylic oxidation sites excluding steroid dienone is 3. The SMILES string of the molecule is CCCCCCCC/C=C/C(O)C(COP(=O)([O-])OCC[N+](C)(C)C)NC(=O)CCCCCCCCC/C=C\CCCCCCCCC. The maximum atomic E-state index is 12.7. The van der Waals surface area contributed by atoms with E-state index in [9.17, 15) is 19.4 Å². The van der Waals surface area contributed by atoms with Gasteiger partial charge in [0.05, 0.1) is 39.9 Å². The predicted molar refractivity (Wildman–Crippen MR) is 201 cm³/mol. The van der Waals surface area contributed by atoms with Gasteiger partial charge in [0, 0.05) is 6.42 Å². The Kier molecular flexibility index (Phi) is 31.2. The van der Waals surface area contributed by atoms with E-state index in [1.165, 1.54) is 109 Å². The Balaban J connectivity index is 4.36. The average molecular weight is 701 g/mol. The van der Waals surface area contributed by atoms with Crippen molar-refractivity contribution in [3.05, 3.63) is 24.3 Å². The normalized spacial score (nSPS) is 14.9. The molecule has 0 spiro atoms. The molecule has 0 saturated carbocycles. The molecule has 0 bridgehead atoms. The summed E-state index contributed by atoms with van der Waals surface area (Å²) in [6.45, 7) is 4.58. The fraction of sp³-hybridized carbons (Fsp3) is 0.872. The molecule has 0 aliphatic carbocycles. The number of unbranched alkanes of at least 4 members (excludes halogenated alkanes) is 20. The third-order valence-corrected chi connectivity index (χ3v) is 9.62. The number of carbonyl (C=O) groups excluding carboxylic acids is 1. The largest absolute Gasteiger partial charge is 0.756 e. The van der Waals surface area contributed by atoms with Gasteiger partial charge in [0.1, 0.15) is 13.2 Å². The van der Waals surface area contributed by atoms with Gasteiger partial charge in [0.15, 0.2) is 0 Å². The van der Waals surface area contributed by atoms with Crippen LogP contribution in [-0.2, 0) is 18.4 Å². The molecule has 0 aromatic heterocycles. The standard InChI is InChI=1S/C39H77N2O6P/c1-6-8-10-12-14-16-17-18-19-20-21-22-23-24-25-27-29-31-33-39(43)40-37(36-47-48(44,45)46-35-34-41(3,4)5)38(42)32-30-28-26-15-13-11-9-7-2/h19-20,30,32,37-38,42H,6-18,21-29,31,33-36H2,1-5H3,(H-,40,43,44,45)/b20-19-,32-30+. The third-order valence-electron chi connectivity index (χ3n) is 8.66. The molecule has 0 aliphatic rings. The zero-order valence-corrected chi connectivity index (χ0v) is 32.8. The number of rotatable bonds is 35. The Labute approximate surface area is 296 Å². The van der Waals surface area contributed by atoms with Crippen molar-refractivity contribution in [1.82, 2.24) is 5.32 Å². The van der Waals surface area contributed by atoms with Crippen LogP contribution in [0.25, 0.3) is 0 Å². The second-order valence-electron chi connectivity index (χ2n) is 14.6. The van der Waals surface area contributed by atoms with Gasteiger partial charge in [0.2, 0.25) is 5.91 Å². The minimum absolute atomic E-state index is 0.00157. The summed E-state index contributed by atoms with van der Waals surface area (Å²) < 4.78 is 23.0. The zero-order valence-electron chi connectivity index (χ0n) is 31.9. The van der Waals surface area contributed by atoms with Crippen molar-refractivity contribution in [2.24, 2.45) is 0 Å². The number of likely N-dealkylation sites (N-methyl/N-ethyl adjacent to an activating group) is 1. The van der Waals surface area contributed by atoms with Crippen molar-refractivity contribution in [3.8, 4) is 0 Å². The highest BCUT2D eigenvalue weighted by Crippen LogP contribution is 2.38. The van der Waals surface area contributed by atoms with Gasteiger partial charge < -0.3 is 28.8 Å². The molecule has 48 heavy (non-hydrogen) atoms. The van der Waals surface area contributed by atoms with Crippen molar-refractivity contribution in [2.45, 2.75) is 180 Å². The molecular formula is C39H77N2O6P. The van der Waals surface area contributed by atoms with Crippen molar-refractivity contribution in [2.75, 3.05) is 40.9 Å². The van der Waals surface area contributed by atoms with Crippen LogP contribution in [-0.4, -0.2) is 68.5 Å². The van der Waals surface area contributed by atoms with Gasteiger partial charge in [-0.05, 0) is 44.9 Å². The maximum Gasteiger partial charge on any atom is 0.268 e. The maximum absolute atomic E-state index is 12.7. The van der Waals surface area contributed by atoms with Crippen molar-refractivity contribution in [1.29, 1.82) is 0 Å². The van der Waals surface area contributed by atoms with E-state index in [0.29, 0.717) is 17.4 Å². The predicted octanol–water partition coefficient (Wildman–Crippen LogP) is 9.55. The molecule has 3 unspecified atom stereocenters. The van der Waals surface area contributed by atoms with E-state index < -0.39 is 20.0 Å². The van der Waals surface area contributed by atoms with Crippen LogP contribution in [0.4, 0.5) is 0 Å². The van der Waals surface area contributed by atoms with Crippen LogP contribution in [0.5, 0.6) is 0 Å². The molecule has 0 aromatic carbocycles. The molecule has 284 valence electrons. The second kappa shape index (κ2) is 31.9. The molecule has 8 nitrogen and oxygen atoms in total. The van der Waals surface area contributed by atoms with E-state index in [1.807, 2.05) is 27.2 Å². The number of aliphatic hydroxyl groups is 1. The van der Waals surface area contributed by atoms with Gasteiger partial charge in [-0.3, -0.25) is 9.36 Å². The third kappa shape index (κ3) is 33.5. The first-order valence-electron chi connectivity index (χ1n) is 19.7. The highest BCUT2D eigenvalue weighted by atomic mass is 31.2. The summed E-state index contributed by atoms with van der Waals surface area (Å²) in [6.07, 6.45) is 35.1. The summed E-state index contributed by atoms with van der Waals surface area (Å²) in [7, 11) is 1.25. The summed E-state index contributed by atoms with van der Waals surface area (Å²) >= 11 is 0. The Morgan fingerprint density at radius 3 is 1.62 bits per heavy atom. The molecule has 0 radical (unpaired) electrons. The lowest BCUT2D eigenvalue weighted by Crippen LogP contribution is -2.45. The van der Waals surface area contributed by atoms with Crippen molar-refractivity contribution in [3.63, 3.8) is 0 Å². The number of carbonyl (C=O) groups is 1. The zero-order chi connectivity index (χ0) is 35.8. The molecule has 0 heterocycles. The van der Waals surface area contributed by atoms with E-state index in [1.54, 1.807) is 6.08 Å². The summed E-state index contributed by atoms with van der Waals surface area (Å²) in [4.78, 5) is 25.1. The molecule has 0 fully saturated rings. The van der Waals surface area contributed by atoms with Gasteiger partial charge in [-0.25, -0.2) is 0 Å². The first-order chi connectivity index (χ1) is 23.0. The summed E-state index contributed by atoms with van der Waals surface area (Å²) in [5.41, 5.74) is 0. The molecule has 9 heteroatoms. The van der Waals surface area contributed by atoms with Crippen LogP contribution in [0.3, 0.4) is 0 Å². The van der Waals surface area contributed by atoms with E-state index in [2.05, 4.69) is 31.3 Å². The van der Waals surface area contributed by atoms with Crippen LogP contribution in [0.1, 0.15) is 168 Å². The van der Waals surface area contributed by atoms with Crippen LogP contribution in [0.15, 0.2) is 24.3 Å². The Morgan fingerprint density at radius 1 is 0.708 bits per heavy atom. The van der Waals surface area contributed by atoms with Gasteiger partial charge in [0.25, 0.3) is 7.82 Å². The number of hydrogen-bond acceptors (Lipinski definition) is 6. The first kappa shape index (κ1) is 47.0. The number of quaternary nitrogens is 1. The van der Waals surface area contributed by atoms with E-state index in [0.717, 1.165) is 38.5 Å². The summed E-state index contributed by atoms with van der Waals surface area (Å²) in [6, 6.07) is -0.882. The number of aliphatic hydroxyl groups excluding tert-OH is 1. The fourth-order valence-corrected chi connectivity index (χ4v) is 6.16. The fourth-order valence-electron chi connectivity index (χ4n) is 5.44. The number of phosphoric acid groups is 1. The van der Waals surface area contributed by atoms with Crippen LogP contribution in [0.2, 0.25) is 0 Å².